The van der Waals surface area contributed by atoms with Crippen molar-refractivity contribution >= 4 is 15.6 Å². The predicted molar refractivity (Wildman–Crippen MR) is 29.6 cm³/mol. The van der Waals surface area contributed by atoms with Gasteiger partial charge in [-0.05, 0) is 0 Å². The molecule has 0 unspecified atom stereocenters. The second-order valence-corrected chi connectivity index (χ2v) is 3.68. The first kappa shape index (κ1) is 32.0. The fourth-order valence-corrected chi connectivity index (χ4v) is 1.25. The summed E-state index contributed by atoms with van der Waals surface area (Å²) >= 11 is 0. The smallest absolute Gasteiger partial charge is 1.00 e. The standard InChI is InChI=1S/4K.H4O7P2.4H/c;;;;1-8(2,3)7-9(4,5)6;;;;/h;;;;(H2,1,2,3)(H2,4,5,6);;;;/q4*+1;;4*-1. The third-order valence-corrected chi connectivity index (χ3v) is 1.91. The van der Waals surface area contributed by atoms with Gasteiger partial charge in [0.25, 0.3) is 0 Å². The Kier molecular flexibility index (Phi) is 37.4. The summed E-state index contributed by atoms with van der Waals surface area (Å²) in [5.74, 6) is 0. The Morgan fingerprint density at radius 1 is 0.769 bits per heavy atom. The van der Waals surface area contributed by atoms with E-state index < -0.39 is 15.6 Å². The minimum Gasteiger partial charge on any atom is -1.00 e. The Morgan fingerprint density at radius 2 is 0.923 bits per heavy atom. The van der Waals surface area contributed by atoms with Gasteiger partial charge in [-0.3, -0.25) is 0 Å². The molecule has 64 valence electrons. The van der Waals surface area contributed by atoms with Crippen LogP contribution in [0.25, 0.3) is 0 Å². The average molecular weight is 338 g/mol. The third kappa shape index (κ3) is 32.4. The molecule has 0 saturated heterocycles. The molecule has 0 radical (unpaired) electrons. The van der Waals surface area contributed by atoms with Gasteiger partial charge in [0.05, 0.1) is 0 Å². The fraction of sp³-hybridized carbons (Fsp3) is 0. The molecule has 7 nitrogen and oxygen atoms in total. The van der Waals surface area contributed by atoms with E-state index >= 15 is 0 Å². The maximum absolute atomic E-state index is 9.63. The monoisotopic (exact) mass is 338 g/mol. The van der Waals surface area contributed by atoms with Crippen molar-refractivity contribution in [1.29, 1.82) is 0 Å². The van der Waals surface area contributed by atoms with Gasteiger partial charge in [0.1, 0.15) is 0 Å². The van der Waals surface area contributed by atoms with Gasteiger partial charge in [-0.1, -0.05) is 0 Å². The average Bonchev–Trinajstić information content (AvgIpc) is 1.14. The fourth-order valence-electron chi connectivity index (χ4n) is 0.139. The summed E-state index contributed by atoms with van der Waals surface area (Å²) in [7, 11) is -10.1. The van der Waals surface area contributed by atoms with Crippen molar-refractivity contribution in [3.05, 3.63) is 0 Å². The van der Waals surface area contributed by atoms with E-state index in [1.165, 1.54) is 0 Å². The van der Waals surface area contributed by atoms with Gasteiger partial charge in [0, 0.05) is 0 Å². The number of hydrogen-bond acceptors (Lipinski definition) is 3. The van der Waals surface area contributed by atoms with Gasteiger partial charge in [-0.15, -0.1) is 0 Å². The third-order valence-electron chi connectivity index (χ3n) is 0.213. The van der Waals surface area contributed by atoms with Crippen LogP contribution in [0, 0.1) is 0 Å². The molecule has 0 spiro atoms. The summed E-state index contributed by atoms with van der Waals surface area (Å²) in [5.41, 5.74) is 0. The molecule has 13 heteroatoms. The van der Waals surface area contributed by atoms with Crippen LogP contribution in [0.15, 0.2) is 0 Å². The van der Waals surface area contributed by atoms with E-state index in [2.05, 4.69) is 4.31 Å². The van der Waals surface area contributed by atoms with Gasteiger partial charge in [0.2, 0.25) is 0 Å². The molecule has 0 aromatic rings. The zero-order chi connectivity index (χ0) is 7.71. The Balaban J connectivity index is -0.0000000114. The van der Waals surface area contributed by atoms with Crippen LogP contribution in [0.5, 0.6) is 0 Å². The van der Waals surface area contributed by atoms with E-state index in [9.17, 15) is 9.13 Å². The van der Waals surface area contributed by atoms with Crippen LogP contribution in [0.3, 0.4) is 0 Å². The van der Waals surface area contributed by atoms with Gasteiger partial charge in [-0.25, -0.2) is 9.13 Å². The summed E-state index contributed by atoms with van der Waals surface area (Å²) in [5, 5.41) is 0. The minimum absolute atomic E-state index is 0. The van der Waals surface area contributed by atoms with Crippen molar-refractivity contribution in [2.45, 2.75) is 0 Å². The summed E-state index contributed by atoms with van der Waals surface area (Å²) in [4.78, 5) is 31.0. The first-order chi connectivity index (χ1) is 3.71. The molecule has 0 saturated carbocycles. The van der Waals surface area contributed by atoms with Crippen molar-refractivity contribution in [1.82, 2.24) is 0 Å². The van der Waals surface area contributed by atoms with Gasteiger partial charge in [0.15, 0.2) is 0 Å². The number of phosphoric acid groups is 2. The van der Waals surface area contributed by atoms with Gasteiger partial charge < -0.3 is 25.3 Å². The maximum atomic E-state index is 9.63. The molecular formula is H8K4O7P2. The summed E-state index contributed by atoms with van der Waals surface area (Å²) in [6.45, 7) is 0. The molecule has 0 aromatic carbocycles. The largest absolute Gasteiger partial charge is 1.00 e. The zero-order valence-electron chi connectivity index (χ0n) is 11.9. The Labute approximate surface area is 251 Å². The maximum Gasteiger partial charge on any atom is 1.00 e. The van der Waals surface area contributed by atoms with E-state index in [1.807, 2.05) is 0 Å². The zero-order valence-corrected chi connectivity index (χ0v) is 22.2. The summed E-state index contributed by atoms with van der Waals surface area (Å²) in [6.07, 6.45) is 0. The predicted octanol–water partition coefficient (Wildman–Crippen LogP) is -12.3. The van der Waals surface area contributed by atoms with E-state index in [0.717, 1.165) is 0 Å². The van der Waals surface area contributed by atoms with Crippen molar-refractivity contribution in [2.24, 2.45) is 0 Å². The molecule has 0 aliphatic heterocycles. The van der Waals surface area contributed by atoms with Crippen LogP contribution in [-0.4, -0.2) is 19.6 Å². The quantitative estimate of drug-likeness (QED) is 0.291. The number of hydrogen-bond donors (Lipinski definition) is 4. The van der Waals surface area contributed by atoms with E-state index in [1.54, 1.807) is 0 Å². The first-order valence-electron chi connectivity index (χ1n) is 1.53. The van der Waals surface area contributed by atoms with Crippen molar-refractivity contribution in [2.75, 3.05) is 0 Å². The topological polar surface area (TPSA) is 124 Å². The van der Waals surface area contributed by atoms with Crippen molar-refractivity contribution in [3.63, 3.8) is 0 Å². The SMILES string of the molecule is O=P(O)(O)OP(=O)(O)O.[H-].[H-].[H-].[H-].[K+].[K+].[K+].[K+]. The van der Waals surface area contributed by atoms with Crippen LogP contribution in [0.1, 0.15) is 5.71 Å². The molecule has 0 rings (SSSR count). The molecule has 0 aromatic heterocycles. The van der Waals surface area contributed by atoms with Crippen LogP contribution in [0.2, 0.25) is 0 Å². The number of rotatable bonds is 2. The Bertz CT molecular complexity index is 172. The molecular weight excluding hydrogens is 330 g/mol. The van der Waals surface area contributed by atoms with E-state index in [-0.39, 0.29) is 211 Å². The molecule has 0 aliphatic rings. The Hall–Kier alpha value is 6.81. The normalized spacial score (nSPS) is 9.54. The van der Waals surface area contributed by atoms with Crippen LogP contribution >= 0.6 is 15.6 Å². The molecule has 0 atom stereocenters. The van der Waals surface area contributed by atoms with Crippen LogP contribution < -0.4 is 206 Å². The second kappa shape index (κ2) is 15.2. The molecule has 13 heavy (non-hydrogen) atoms. The molecule has 0 fully saturated rings. The molecule has 0 amide bonds. The molecule has 4 N–H and O–H groups in total. The summed E-state index contributed by atoms with van der Waals surface area (Å²) in [6, 6.07) is 0. The van der Waals surface area contributed by atoms with Gasteiger partial charge >= 0.3 is 221 Å². The van der Waals surface area contributed by atoms with E-state index in [4.69, 9.17) is 19.6 Å². The molecule has 0 bridgehead atoms. The summed E-state index contributed by atoms with van der Waals surface area (Å²) < 4.78 is 22.2. The second-order valence-electron chi connectivity index (χ2n) is 1.06. The van der Waals surface area contributed by atoms with Crippen LogP contribution in [-0.2, 0) is 13.4 Å². The van der Waals surface area contributed by atoms with Crippen molar-refractivity contribution < 1.29 is 244 Å². The van der Waals surface area contributed by atoms with Crippen LogP contribution in [0.4, 0.5) is 0 Å². The first-order valence-corrected chi connectivity index (χ1v) is 4.59. The van der Waals surface area contributed by atoms with Gasteiger partial charge in [-0.2, -0.15) is 4.31 Å². The molecule has 0 heterocycles. The Morgan fingerprint density at radius 3 is 0.923 bits per heavy atom. The van der Waals surface area contributed by atoms with Crippen molar-refractivity contribution in [3.8, 4) is 0 Å². The molecule has 0 aliphatic carbocycles. The van der Waals surface area contributed by atoms with E-state index in [0.29, 0.717) is 0 Å². The minimum atomic E-state index is -5.05.